The van der Waals surface area contributed by atoms with Gasteiger partial charge in [0.15, 0.2) is 0 Å². The number of benzene rings is 1. The summed E-state index contributed by atoms with van der Waals surface area (Å²) < 4.78 is 0.734. The van der Waals surface area contributed by atoms with Crippen LogP contribution in [0.3, 0.4) is 0 Å². The summed E-state index contributed by atoms with van der Waals surface area (Å²) in [5.74, 6) is 0. The summed E-state index contributed by atoms with van der Waals surface area (Å²) in [7, 11) is 0. The van der Waals surface area contributed by atoms with Gasteiger partial charge in [0, 0.05) is 11.1 Å². The van der Waals surface area contributed by atoms with Gasteiger partial charge in [-0.25, -0.2) is 4.98 Å². The van der Waals surface area contributed by atoms with Gasteiger partial charge in [-0.1, -0.05) is 36.5 Å². The normalized spacial score (nSPS) is 13.1. The van der Waals surface area contributed by atoms with Crippen LogP contribution in [0.2, 0.25) is 0 Å². The predicted molar refractivity (Wildman–Crippen MR) is 62.3 cm³/mol. The lowest BCUT2D eigenvalue weighted by Crippen LogP contribution is -2.06. The zero-order chi connectivity index (χ0) is 10.3. The Labute approximate surface area is 93.0 Å². The molecule has 0 saturated heterocycles. The van der Waals surface area contributed by atoms with Gasteiger partial charge in [-0.2, -0.15) is 0 Å². The van der Waals surface area contributed by atoms with E-state index in [2.05, 4.69) is 34.2 Å². The van der Waals surface area contributed by atoms with E-state index in [1.165, 1.54) is 16.7 Å². The Balaban J connectivity index is 2.35. The largest absolute Gasteiger partial charge is 0.346 e. The average Bonchev–Trinajstić information content (AvgIpc) is 2.29. The van der Waals surface area contributed by atoms with Crippen molar-refractivity contribution in [1.29, 1.82) is 0 Å². The van der Waals surface area contributed by atoms with Crippen molar-refractivity contribution >= 4 is 12.2 Å². The SMILES string of the molecule is S=c1nc[nH]c2c1CCc1ccccc1-2. The molecule has 0 unspecified atom stereocenters. The number of rotatable bonds is 0. The first-order valence-electron chi connectivity index (χ1n) is 5.01. The third-order valence-electron chi connectivity index (χ3n) is 2.88. The second kappa shape index (κ2) is 3.28. The fourth-order valence-corrected chi connectivity index (χ4v) is 2.40. The van der Waals surface area contributed by atoms with Crippen molar-refractivity contribution in [1.82, 2.24) is 9.97 Å². The van der Waals surface area contributed by atoms with Gasteiger partial charge in [-0.15, -0.1) is 0 Å². The Hall–Kier alpha value is -1.48. The first-order valence-corrected chi connectivity index (χ1v) is 5.42. The Morgan fingerprint density at radius 1 is 1.20 bits per heavy atom. The minimum absolute atomic E-state index is 0.734. The molecule has 1 aliphatic carbocycles. The molecule has 1 aliphatic rings. The Morgan fingerprint density at radius 2 is 2.07 bits per heavy atom. The summed E-state index contributed by atoms with van der Waals surface area (Å²) in [4.78, 5) is 7.33. The van der Waals surface area contributed by atoms with E-state index in [4.69, 9.17) is 12.2 Å². The van der Waals surface area contributed by atoms with Gasteiger partial charge >= 0.3 is 0 Å². The van der Waals surface area contributed by atoms with Crippen LogP contribution in [0.1, 0.15) is 11.1 Å². The molecule has 15 heavy (non-hydrogen) atoms. The van der Waals surface area contributed by atoms with E-state index in [9.17, 15) is 0 Å². The van der Waals surface area contributed by atoms with E-state index in [1.54, 1.807) is 6.33 Å². The topological polar surface area (TPSA) is 28.7 Å². The van der Waals surface area contributed by atoms with E-state index >= 15 is 0 Å². The van der Waals surface area contributed by atoms with Crippen molar-refractivity contribution in [2.75, 3.05) is 0 Å². The number of aryl methyl sites for hydroxylation is 1. The number of nitrogens with zero attached hydrogens (tertiary/aromatic N) is 1. The maximum Gasteiger partial charge on any atom is 0.133 e. The maximum absolute atomic E-state index is 5.24. The van der Waals surface area contributed by atoms with Gasteiger partial charge in [0.05, 0.1) is 12.0 Å². The molecule has 1 aromatic heterocycles. The third kappa shape index (κ3) is 1.31. The van der Waals surface area contributed by atoms with Gasteiger partial charge in [0.1, 0.15) is 4.64 Å². The van der Waals surface area contributed by atoms with Crippen LogP contribution >= 0.6 is 12.2 Å². The van der Waals surface area contributed by atoms with Gasteiger partial charge < -0.3 is 4.98 Å². The lowest BCUT2D eigenvalue weighted by Gasteiger charge is -2.18. The van der Waals surface area contributed by atoms with Crippen LogP contribution in [0.25, 0.3) is 11.3 Å². The van der Waals surface area contributed by atoms with Crippen LogP contribution in [0.4, 0.5) is 0 Å². The van der Waals surface area contributed by atoms with Gasteiger partial charge in [-0.05, 0) is 18.4 Å². The highest BCUT2D eigenvalue weighted by molar-refractivity contribution is 7.71. The molecular weight excluding hydrogens is 204 g/mol. The van der Waals surface area contributed by atoms with Crippen LogP contribution < -0.4 is 0 Å². The van der Waals surface area contributed by atoms with Crippen molar-refractivity contribution in [2.45, 2.75) is 12.8 Å². The highest BCUT2D eigenvalue weighted by Gasteiger charge is 2.16. The van der Waals surface area contributed by atoms with Crippen LogP contribution in [0.5, 0.6) is 0 Å². The standard InChI is InChI=1S/C12H10N2S/c15-12-10-6-5-8-3-1-2-4-9(8)11(10)13-7-14-12/h1-4,7H,5-6H2,(H,13,14,15). The van der Waals surface area contributed by atoms with Crippen LogP contribution in [-0.4, -0.2) is 9.97 Å². The molecule has 2 nitrogen and oxygen atoms in total. The smallest absolute Gasteiger partial charge is 0.133 e. The summed E-state index contributed by atoms with van der Waals surface area (Å²) in [6, 6.07) is 8.46. The molecule has 74 valence electrons. The monoisotopic (exact) mass is 214 g/mol. The second-order valence-corrected chi connectivity index (χ2v) is 4.11. The number of fused-ring (bicyclic) bond motifs is 3. The molecule has 0 fully saturated rings. The van der Waals surface area contributed by atoms with E-state index in [-0.39, 0.29) is 0 Å². The summed E-state index contributed by atoms with van der Waals surface area (Å²) in [5.41, 5.74) is 5.00. The summed E-state index contributed by atoms with van der Waals surface area (Å²) in [6.07, 6.45) is 3.74. The maximum atomic E-state index is 5.24. The van der Waals surface area contributed by atoms with Gasteiger partial charge in [0.25, 0.3) is 0 Å². The molecule has 2 aromatic rings. The van der Waals surface area contributed by atoms with Crippen molar-refractivity contribution in [3.8, 4) is 11.3 Å². The van der Waals surface area contributed by atoms with E-state index in [1.807, 2.05) is 0 Å². The summed E-state index contributed by atoms with van der Waals surface area (Å²) in [6.45, 7) is 0. The molecule has 1 aromatic carbocycles. The molecule has 3 heteroatoms. The summed E-state index contributed by atoms with van der Waals surface area (Å²) in [5, 5.41) is 0. The minimum Gasteiger partial charge on any atom is -0.346 e. The van der Waals surface area contributed by atoms with E-state index in [0.29, 0.717) is 0 Å². The molecule has 0 spiro atoms. The Kier molecular flexibility index (Phi) is 1.92. The van der Waals surface area contributed by atoms with Crippen molar-refractivity contribution in [3.05, 3.63) is 46.4 Å². The zero-order valence-electron chi connectivity index (χ0n) is 8.16. The van der Waals surface area contributed by atoms with Gasteiger partial charge in [-0.3, -0.25) is 0 Å². The number of aromatic nitrogens is 2. The predicted octanol–water partition coefficient (Wildman–Crippen LogP) is 2.90. The van der Waals surface area contributed by atoms with Crippen LogP contribution in [0, 0.1) is 4.64 Å². The number of nitrogens with one attached hydrogen (secondary N) is 1. The zero-order valence-corrected chi connectivity index (χ0v) is 8.97. The van der Waals surface area contributed by atoms with Crippen LogP contribution in [-0.2, 0) is 12.8 Å². The van der Waals surface area contributed by atoms with Crippen molar-refractivity contribution < 1.29 is 0 Å². The molecule has 0 saturated carbocycles. The van der Waals surface area contributed by atoms with E-state index < -0.39 is 0 Å². The Morgan fingerprint density at radius 3 is 3.00 bits per heavy atom. The highest BCUT2D eigenvalue weighted by atomic mass is 32.1. The molecule has 0 aliphatic heterocycles. The fraction of sp³-hybridized carbons (Fsp3) is 0.167. The molecule has 0 amide bonds. The fourth-order valence-electron chi connectivity index (χ4n) is 2.14. The quantitative estimate of drug-likeness (QED) is 0.683. The molecule has 0 atom stereocenters. The lowest BCUT2D eigenvalue weighted by atomic mass is 9.90. The third-order valence-corrected chi connectivity index (χ3v) is 3.23. The molecule has 0 bridgehead atoms. The molecule has 1 heterocycles. The Bertz CT molecular complexity index is 572. The van der Waals surface area contributed by atoms with Gasteiger partial charge in [0.2, 0.25) is 0 Å². The molecule has 0 radical (unpaired) electrons. The highest BCUT2D eigenvalue weighted by Crippen LogP contribution is 2.31. The molecule has 3 rings (SSSR count). The number of aromatic amines is 1. The first kappa shape index (κ1) is 8.80. The molecule has 1 N–H and O–H groups in total. The van der Waals surface area contributed by atoms with Crippen LogP contribution in [0.15, 0.2) is 30.6 Å². The van der Waals surface area contributed by atoms with Crippen molar-refractivity contribution in [3.63, 3.8) is 0 Å². The molecular formula is C12H10N2S. The average molecular weight is 214 g/mol. The first-order chi connectivity index (χ1) is 7.36. The van der Waals surface area contributed by atoms with Crippen molar-refractivity contribution in [2.24, 2.45) is 0 Å². The van der Waals surface area contributed by atoms with E-state index in [0.717, 1.165) is 23.2 Å². The lowest BCUT2D eigenvalue weighted by molar-refractivity contribution is 0.904. The minimum atomic E-state index is 0.734. The summed E-state index contributed by atoms with van der Waals surface area (Å²) >= 11 is 5.24. The number of hydrogen-bond donors (Lipinski definition) is 1. The number of hydrogen-bond acceptors (Lipinski definition) is 2. The second-order valence-electron chi connectivity index (χ2n) is 3.72. The number of H-pyrrole nitrogens is 1.